The summed E-state index contributed by atoms with van der Waals surface area (Å²) in [6.45, 7) is 3.26. The third-order valence-electron chi connectivity index (χ3n) is 2.97. The fraction of sp³-hybridized carbons (Fsp3) is 0.429. The van der Waals surface area contributed by atoms with Crippen LogP contribution in [0, 0.1) is 6.42 Å². The number of amides is 1. The van der Waals surface area contributed by atoms with Crippen LogP contribution in [0.3, 0.4) is 0 Å². The molecular formula is C14H19N2O. The highest BCUT2D eigenvalue weighted by Crippen LogP contribution is 2.09. The van der Waals surface area contributed by atoms with E-state index in [1.807, 2.05) is 30.3 Å². The predicted octanol–water partition coefficient (Wildman–Crippen LogP) is 2.32. The Bertz CT molecular complexity index is 344. The number of carbonyl (C=O) groups excluding carboxylic acids is 1. The van der Waals surface area contributed by atoms with Gasteiger partial charge in [-0.2, -0.15) is 0 Å². The number of para-hydroxylation sites is 1. The zero-order valence-corrected chi connectivity index (χ0v) is 10.1. The number of hydrogen-bond acceptors (Lipinski definition) is 2. The van der Waals surface area contributed by atoms with E-state index in [4.69, 9.17) is 0 Å². The van der Waals surface area contributed by atoms with Crippen molar-refractivity contribution in [2.24, 2.45) is 0 Å². The lowest BCUT2D eigenvalue weighted by atomic mass is 10.2. The molecule has 91 valence electrons. The van der Waals surface area contributed by atoms with Crippen LogP contribution in [0.4, 0.5) is 5.69 Å². The number of carbonyl (C=O) groups is 1. The molecule has 1 aromatic rings. The Morgan fingerprint density at radius 3 is 2.82 bits per heavy atom. The van der Waals surface area contributed by atoms with E-state index < -0.39 is 0 Å². The van der Waals surface area contributed by atoms with Gasteiger partial charge in [-0.05, 0) is 44.5 Å². The van der Waals surface area contributed by atoms with Crippen molar-refractivity contribution in [2.75, 3.05) is 25.0 Å². The van der Waals surface area contributed by atoms with E-state index in [9.17, 15) is 4.79 Å². The summed E-state index contributed by atoms with van der Waals surface area (Å²) in [6, 6.07) is 9.62. The minimum atomic E-state index is 0.111. The summed E-state index contributed by atoms with van der Waals surface area (Å²) in [6.07, 6.45) is 5.03. The van der Waals surface area contributed by atoms with Crippen molar-refractivity contribution in [2.45, 2.75) is 19.3 Å². The average Bonchev–Trinajstić information content (AvgIpc) is 2.83. The number of nitrogens with zero attached hydrogens (tertiary/aromatic N) is 1. The van der Waals surface area contributed by atoms with Crippen LogP contribution in [0.25, 0.3) is 0 Å². The summed E-state index contributed by atoms with van der Waals surface area (Å²) in [5.41, 5.74) is 0.881. The fourth-order valence-corrected chi connectivity index (χ4v) is 2.05. The molecular weight excluding hydrogens is 212 g/mol. The number of likely N-dealkylation sites (tertiary alicyclic amines) is 1. The number of hydrogen-bond donors (Lipinski definition) is 1. The van der Waals surface area contributed by atoms with Crippen LogP contribution in [-0.2, 0) is 4.79 Å². The molecule has 1 amide bonds. The highest BCUT2D eigenvalue weighted by atomic mass is 16.1. The topological polar surface area (TPSA) is 32.3 Å². The Kier molecular flexibility index (Phi) is 4.56. The average molecular weight is 231 g/mol. The van der Waals surface area contributed by atoms with Crippen LogP contribution in [0.5, 0.6) is 0 Å². The molecule has 1 N–H and O–H groups in total. The maximum atomic E-state index is 11.6. The maximum Gasteiger partial charge on any atom is 0.224 e. The molecule has 2 rings (SSSR count). The molecule has 1 fully saturated rings. The first kappa shape index (κ1) is 12.1. The van der Waals surface area contributed by atoms with Crippen molar-refractivity contribution in [1.29, 1.82) is 0 Å². The lowest BCUT2D eigenvalue weighted by Crippen LogP contribution is -2.22. The molecule has 0 aromatic heterocycles. The quantitative estimate of drug-likeness (QED) is 0.843. The Morgan fingerprint density at radius 1 is 1.29 bits per heavy atom. The Balaban J connectivity index is 1.64. The van der Waals surface area contributed by atoms with Crippen LogP contribution in [-0.4, -0.2) is 30.4 Å². The number of rotatable bonds is 5. The van der Waals surface area contributed by atoms with Gasteiger partial charge in [0.15, 0.2) is 0 Å². The fourth-order valence-electron chi connectivity index (χ4n) is 2.05. The molecule has 1 heterocycles. The highest BCUT2D eigenvalue weighted by Gasteiger charge is 2.11. The van der Waals surface area contributed by atoms with E-state index in [1.54, 1.807) is 0 Å². The van der Waals surface area contributed by atoms with Gasteiger partial charge in [-0.1, -0.05) is 18.2 Å². The SMILES string of the molecule is O=C(CCCN1C[CH]CC1)Nc1ccccc1. The van der Waals surface area contributed by atoms with E-state index in [0.29, 0.717) is 6.42 Å². The van der Waals surface area contributed by atoms with Crippen LogP contribution < -0.4 is 5.32 Å². The molecule has 1 aliphatic rings. The Hall–Kier alpha value is -1.35. The Labute approximate surface area is 103 Å². The molecule has 0 saturated carbocycles. The first-order chi connectivity index (χ1) is 8.34. The molecule has 3 nitrogen and oxygen atoms in total. The standard InChI is InChI=1S/C14H19N2O/c17-14(15-13-7-2-1-3-8-13)9-6-12-16-10-4-5-11-16/h1-4,7-8H,5-6,9-12H2,(H,15,17). The third kappa shape index (κ3) is 4.19. The van der Waals surface area contributed by atoms with Gasteiger partial charge in [-0.25, -0.2) is 0 Å². The Morgan fingerprint density at radius 2 is 2.12 bits per heavy atom. The highest BCUT2D eigenvalue weighted by molar-refractivity contribution is 5.90. The second-order valence-electron chi connectivity index (χ2n) is 4.40. The zero-order chi connectivity index (χ0) is 11.9. The van der Waals surface area contributed by atoms with Gasteiger partial charge in [-0.15, -0.1) is 0 Å². The molecule has 1 aromatic carbocycles. The van der Waals surface area contributed by atoms with Crippen LogP contribution in [0.15, 0.2) is 30.3 Å². The number of benzene rings is 1. The zero-order valence-electron chi connectivity index (χ0n) is 10.1. The van der Waals surface area contributed by atoms with E-state index >= 15 is 0 Å². The van der Waals surface area contributed by atoms with E-state index in [2.05, 4.69) is 16.6 Å². The van der Waals surface area contributed by atoms with Crippen molar-refractivity contribution in [3.8, 4) is 0 Å². The second-order valence-corrected chi connectivity index (χ2v) is 4.40. The third-order valence-corrected chi connectivity index (χ3v) is 2.97. The van der Waals surface area contributed by atoms with Gasteiger partial charge >= 0.3 is 0 Å². The van der Waals surface area contributed by atoms with E-state index in [1.165, 1.54) is 6.42 Å². The number of nitrogens with one attached hydrogen (secondary N) is 1. The van der Waals surface area contributed by atoms with Gasteiger partial charge in [0.25, 0.3) is 0 Å². The summed E-state index contributed by atoms with van der Waals surface area (Å²) in [5.74, 6) is 0.111. The van der Waals surface area contributed by atoms with Crippen molar-refractivity contribution >= 4 is 11.6 Å². The normalized spacial score (nSPS) is 16.0. The van der Waals surface area contributed by atoms with Crippen molar-refractivity contribution in [1.82, 2.24) is 4.90 Å². The molecule has 0 unspecified atom stereocenters. The molecule has 0 atom stereocenters. The lowest BCUT2D eigenvalue weighted by molar-refractivity contribution is -0.116. The van der Waals surface area contributed by atoms with E-state index in [-0.39, 0.29) is 5.91 Å². The minimum Gasteiger partial charge on any atom is -0.326 e. The van der Waals surface area contributed by atoms with Crippen LogP contribution in [0.2, 0.25) is 0 Å². The smallest absolute Gasteiger partial charge is 0.224 e. The molecule has 0 aliphatic carbocycles. The molecule has 1 saturated heterocycles. The lowest BCUT2D eigenvalue weighted by Gasteiger charge is -2.13. The molecule has 1 aliphatic heterocycles. The van der Waals surface area contributed by atoms with Crippen LogP contribution >= 0.6 is 0 Å². The van der Waals surface area contributed by atoms with Gasteiger partial charge in [0.2, 0.25) is 5.91 Å². The van der Waals surface area contributed by atoms with Crippen molar-refractivity contribution in [3.63, 3.8) is 0 Å². The van der Waals surface area contributed by atoms with E-state index in [0.717, 1.165) is 31.7 Å². The summed E-state index contributed by atoms with van der Waals surface area (Å²) in [7, 11) is 0. The van der Waals surface area contributed by atoms with Crippen LogP contribution in [0.1, 0.15) is 19.3 Å². The monoisotopic (exact) mass is 231 g/mol. The van der Waals surface area contributed by atoms with Crippen molar-refractivity contribution < 1.29 is 4.79 Å². The largest absolute Gasteiger partial charge is 0.326 e. The van der Waals surface area contributed by atoms with Gasteiger partial charge in [0.05, 0.1) is 0 Å². The second kappa shape index (κ2) is 6.40. The molecule has 17 heavy (non-hydrogen) atoms. The summed E-state index contributed by atoms with van der Waals surface area (Å²) in [4.78, 5) is 14.0. The van der Waals surface area contributed by atoms with Gasteiger partial charge < -0.3 is 10.2 Å². The molecule has 1 radical (unpaired) electrons. The first-order valence-corrected chi connectivity index (χ1v) is 6.23. The minimum absolute atomic E-state index is 0.111. The van der Waals surface area contributed by atoms with Crippen molar-refractivity contribution in [3.05, 3.63) is 36.8 Å². The van der Waals surface area contributed by atoms with Gasteiger partial charge in [-0.3, -0.25) is 4.79 Å². The first-order valence-electron chi connectivity index (χ1n) is 6.23. The molecule has 0 spiro atoms. The summed E-state index contributed by atoms with van der Waals surface area (Å²) >= 11 is 0. The van der Waals surface area contributed by atoms with Gasteiger partial charge in [0.1, 0.15) is 0 Å². The number of anilines is 1. The molecule has 0 bridgehead atoms. The summed E-state index contributed by atoms with van der Waals surface area (Å²) < 4.78 is 0. The summed E-state index contributed by atoms with van der Waals surface area (Å²) in [5, 5.41) is 2.90. The maximum absolute atomic E-state index is 11.6. The molecule has 3 heteroatoms. The van der Waals surface area contributed by atoms with Gasteiger partial charge in [0, 0.05) is 18.7 Å². The predicted molar refractivity (Wildman–Crippen MR) is 69.7 cm³/mol.